The van der Waals surface area contributed by atoms with Crippen molar-refractivity contribution in [2.24, 2.45) is 0 Å². The van der Waals surface area contributed by atoms with Crippen molar-refractivity contribution in [2.45, 2.75) is 45.4 Å². The first kappa shape index (κ1) is 14.9. The third-order valence-corrected chi connectivity index (χ3v) is 1.72. The summed E-state index contributed by atoms with van der Waals surface area (Å²) in [6.45, 7) is 5.87. The van der Waals surface area contributed by atoms with Gasteiger partial charge in [-0.1, -0.05) is 0 Å². The van der Waals surface area contributed by atoms with Gasteiger partial charge in [-0.2, -0.15) is 0 Å². The molecule has 0 saturated carbocycles. The van der Waals surface area contributed by atoms with E-state index in [0.29, 0.717) is 0 Å². The van der Waals surface area contributed by atoms with Crippen molar-refractivity contribution < 1.29 is 24.5 Å². The summed E-state index contributed by atoms with van der Waals surface area (Å²) < 4.78 is 5.41. The van der Waals surface area contributed by atoms with E-state index in [0.717, 1.165) is 0 Å². The number of hydrogen-bond acceptors (Lipinski definition) is 3. The lowest BCUT2D eigenvalue weighted by molar-refractivity contribution is -0.150. The highest BCUT2D eigenvalue weighted by Crippen LogP contribution is 2.13. The monoisotopic (exact) mass is 232 g/mol. The molecular weight excluding hydrogens is 214 g/mol. The molecule has 16 heavy (non-hydrogen) atoms. The van der Waals surface area contributed by atoms with Crippen molar-refractivity contribution in [3.63, 3.8) is 0 Å². The van der Waals surface area contributed by atoms with Crippen LogP contribution in [0, 0.1) is 0 Å². The standard InChI is InChI=1S/C10H18NO5/c1-6(16-10(2,3)4)8(9(14)15)11-7(13)5-12/h6,8H,5H2,1-4H3,(H,11,13)(H,14,15). The highest BCUT2D eigenvalue weighted by atomic mass is 16.5. The molecule has 2 N–H and O–H groups in total. The molecular formula is C10H18NO5. The Hall–Kier alpha value is -1.14. The van der Waals surface area contributed by atoms with E-state index >= 15 is 0 Å². The van der Waals surface area contributed by atoms with E-state index in [1.54, 1.807) is 20.8 Å². The lowest BCUT2D eigenvalue weighted by atomic mass is 10.1. The van der Waals surface area contributed by atoms with Crippen LogP contribution in [0.1, 0.15) is 27.7 Å². The lowest BCUT2D eigenvalue weighted by Gasteiger charge is -2.29. The number of rotatable bonds is 5. The van der Waals surface area contributed by atoms with E-state index in [-0.39, 0.29) is 0 Å². The Morgan fingerprint density at radius 2 is 1.88 bits per heavy atom. The van der Waals surface area contributed by atoms with E-state index in [4.69, 9.17) is 9.84 Å². The van der Waals surface area contributed by atoms with Crippen molar-refractivity contribution >= 4 is 11.9 Å². The predicted octanol–water partition coefficient (Wildman–Crippen LogP) is 0.190. The minimum atomic E-state index is -1.22. The summed E-state index contributed by atoms with van der Waals surface area (Å²) in [5.41, 5.74) is -0.519. The van der Waals surface area contributed by atoms with E-state index in [9.17, 15) is 14.7 Å². The molecule has 6 nitrogen and oxygen atoms in total. The maximum atomic E-state index is 10.9. The number of carboxylic acid groups (broad SMARTS) is 1. The summed E-state index contributed by atoms with van der Waals surface area (Å²) in [5.74, 6) is -2.07. The number of amides is 1. The molecule has 93 valence electrons. The van der Waals surface area contributed by atoms with E-state index in [2.05, 4.69) is 5.32 Å². The minimum absolute atomic E-state index is 0.519. The van der Waals surface area contributed by atoms with Crippen molar-refractivity contribution in [2.75, 3.05) is 6.61 Å². The SMILES string of the molecule is CC(OC(C)(C)C)C(NC(=O)C[O])C(=O)O. The Kier molecular flexibility index (Phi) is 5.40. The van der Waals surface area contributed by atoms with Crippen LogP contribution in [0.2, 0.25) is 0 Å². The third-order valence-electron chi connectivity index (χ3n) is 1.72. The van der Waals surface area contributed by atoms with Gasteiger partial charge < -0.3 is 15.2 Å². The van der Waals surface area contributed by atoms with Crippen LogP contribution >= 0.6 is 0 Å². The van der Waals surface area contributed by atoms with Gasteiger partial charge in [-0.25, -0.2) is 9.90 Å². The Morgan fingerprint density at radius 3 is 2.19 bits per heavy atom. The van der Waals surface area contributed by atoms with Crippen LogP contribution in [0.3, 0.4) is 0 Å². The van der Waals surface area contributed by atoms with Gasteiger partial charge in [-0.05, 0) is 27.7 Å². The smallest absolute Gasteiger partial charge is 0.328 e. The second-order valence-corrected chi connectivity index (χ2v) is 4.46. The molecule has 0 aliphatic carbocycles. The maximum absolute atomic E-state index is 10.9. The molecule has 0 spiro atoms. The highest BCUT2D eigenvalue weighted by molar-refractivity contribution is 5.84. The molecule has 0 saturated heterocycles. The van der Waals surface area contributed by atoms with E-state index in [1.165, 1.54) is 6.92 Å². The van der Waals surface area contributed by atoms with Gasteiger partial charge in [0.1, 0.15) is 0 Å². The summed E-state index contributed by atoms with van der Waals surface area (Å²) >= 11 is 0. The molecule has 0 aliphatic rings. The largest absolute Gasteiger partial charge is 0.480 e. The van der Waals surface area contributed by atoms with Gasteiger partial charge in [0, 0.05) is 0 Å². The zero-order chi connectivity index (χ0) is 12.9. The Morgan fingerprint density at radius 1 is 1.38 bits per heavy atom. The number of carbonyl (C=O) groups is 2. The molecule has 2 atom stereocenters. The average Bonchev–Trinajstić information content (AvgIpc) is 2.09. The summed E-state index contributed by atoms with van der Waals surface area (Å²) in [4.78, 5) is 21.7. The maximum Gasteiger partial charge on any atom is 0.328 e. The number of nitrogens with one attached hydrogen (secondary N) is 1. The number of carbonyl (C=O) groups excluding carboxylic acids is 1. The van der Waals surface area contributed by atoms with Gasteiger partial charge >= 0.3 is 5.97 Å². The van der Waals surface area contributed by atoms with Crippen LogP contribution in [-0.4, -0.2) is 41.3 Å². The molecule has 1 radical (unpaired) electrons. The number of hydrogen-bond donors (Lipinski definition) is 2. The van der Waals surface area contributed by atoms with Crippen molar-refractivity contribution in [1.82, 2.24) is 5.32 Å². The highest BCUT2D eigenvalue weighted by Gasteiger charge is 2.30. The van der Waals surface area contributed by atoms with Crippen LogP contribution < -0.4 is 5.32 Å². The fourth-order valence-electron chi connectivity index (χ4n) is 1.22. The number of carboxylic acids is 1. The molecule has 0 fully saturated rings. The summed E-state index contributed by atoms with van der Waals surface area (Å²) in [5, 5.41) is 21.3. The second-order valence-electron chi connectivity index (χ2n) is 4.46. The fraction of sp³-hybridized carbons (Fsp3) is 0.800. The van der Waals surface area contributed by atoms with Crippen LogP contribution in [0.15, 0.2) is 0 Å². The van der Waals surface area contributed by atoms with Gasteiger partial charge in [0.05, 0.1) is 11.7 Å². The van der Waals surface area contributed by atoms with E-state index < -0.39 is 36.2 Å². The molecule has 0 bridgehead atoms. The van der Waals surface area contributed by atoms with Gasteiger partial charge in [0.2, 0.25) is 5.91 Å². The van der Waals surface area contributed by atoms with Gasteiger partial charge in [0.15, 0.2) is 12.6 Å². The molecule has 0 heterocycles. The normalized spacial score (nSPS) is 15.3. The molecule has 0 aromatic rings. The Balaban J connectivity index is 4.53. The van der Waals surface area contributed by atoms with E-state index in [1.807, 2.05) is 0 Å². The lowest BCUT2D eigenvalue weighted by Crippen LogP contribution is -2.51. The third kappa shape index (κ3) is 5.67. The second kappa shape index (κ2) is 5.81. The van der Waals surface area contributed by atoms with Gasteiger partial charge in [-0.3, -0.25) is 4.79 Å². The molecule has 1 amide bonds. The molecule has 2 unspecified atom stereocenters. The van der Waals surface area contributed by atoms with Crippen LogP contribution in [0.5, 0.6) is 0 Å². The number of ether oxygens (including phenoxy) is 1. The predicted molar refractivity (Wildman–Crippen MR) is 55.4 cm³/mol. The first-order chi connectivity index (χ1) is 7.17. The Labute approximate surface area is 94.6 Å². The Bertz CT molecular complexity index is 258. The average molecular weight is 232 g/mol. The first-order valence-electron chi connectivity index (χ1n) is 4.95. The van der Waals surface area contributed by atoms with Crippen molar-refractivity contribution in [1.29, 1.82) is 0 Å². The summed E-state index contributed by atoms with van der Waals surface area (Å²) in [7, 11) is 0. The molecule has 0 aromatic heterocycles. The van der Waals surface area contributed by atoms with Crippen LogP contribution in [-0.2, 0) is 19.4 Å². The molecule has 6 heteroatoms. The molecule has 0 rings (SSSR count). The zero-order valence-corrected chi connectivity index (χ0v) is 9.94. The zero-order valence-electron chi connectivity index (χ0n) is 9.94. The van der Waals surface area contributed by atoms with Gasteiger partial charge in [-0.15, -0.1) is 0 Å². The quantitative estimate of drug-likeness (QED) is 0.707. The van der Waals surface area contributed by atoms with Gasteiger partial charge in [0.25, 0.3) is 0 Å². The number of aliphatic carboxylic acids is 1. The summed E-state index contributed by atoms with van der Waals surface area (Å²) in [6.07, 6.45) is -0.715. The van der Waals surface area contributed by atoms with Crippen LogP contribution in [0.4, 0.5) is 0 Å². The van der Waals surface area contributed by atoms with Crippen molar-refractivity contribution in [3.8, 4) is 0 Å². The first-order valence-corrected chi connectivity index (χ1v) is 4.95. The molecule has 0 aliphatic heterocycles. The summed E-state index contributed by atoms with van der Waals surface area (Å²) in [6, 6.07) is -1.21. The van der Waals surface area contributed by atoms with Crippen LogP contribution in [0.25, 0.3) is 0 Å². The molecule has 0 aromatic carbocycles. The minimum Gasteiger partial charge on any atom is -0.480 e. The van der Waals surface area contributed by atoms with Crippen molar-refractivity contribution in [3.05, 3.63) is 0 Å². The topological polar surface area (TPSA) is 95.5 Å². The fourth-order valence-corrected chi connectivity index (χ4v) is 1.22.